The number of hydrogen-bond acceptors (Lipinski definition) is 2. The molecule has 1 aromatic rings. The summed E-state index contributed by atoms with van der Waals surface area (Å²) in [4.78, 5) is 13.7. The van der Waals surface area contributed by atoms with Crippen LogP contribution < -0.4 is 10.6 Å². The van der Waals surface area contributed by atoms with Gasteiger partial charge in [-0.2, -0.15) is 0 Å². The third-order valence-corrected chi connectivity index (χ3v) is 2.68. The van der Waals surface area contributed by atoms with E-state index in [1.54, 1.807) is 0 Å². The SMILES string of the molecule is CC1CN(C(=O)Nc2ccccc2)CCN1. The summed E-state index contributed by atoms with van der Waals surface area (Å²) >= 11 is 0. The third-order valence-electron chi connectivity index (χ3n) is 2.68. The summed E-state index contributed by atoms with van der Waals surface area (Å²) in [7, 11) is 0. The van der Waals surface area contributed by atoms with E-state index >= 15 is 0 Å². The maximum atomic E-state index is 11.9. The summed E-state index contributed by atoms with van der Waals surface area (Å²) < 4.78 is 0. The first-order valence-corrected chi connectivity index (χ1v) is 5.60. The highest BCUT2D eigenvalue weighted by atomic mass is 16.2. The first-order chi connectivity index (χ1) is 7.75. The number of anilines is 1. The lowest BCUT2D eigenvalue weighted by Gasteiger charge is -2.31. The highest BCUT2D eigenvalue weighted by Gasteiger charge is 2.19. The number of amides is 2. The van der Waals surface area contributed by atoms with Crippen LogP contribution in [0.1, 0.15) is 6.92 Å². The summed E-state index contributed by atoms with van der Waals surface area (Å²) in [6, 6.07) is 9.90. The van der Waals surface area contributed by atoms with Crippen LogP contribution in [0.3, 0.4) is 0 Å². The fourth-order valence-electron chi connectivity index (χ4n) is 1.84. The number of nitrogens with zero attached hydrogens (tertiary/aromatic N) is 1. The number of carbonyl (C=O) groups excluding carboxylic acids is 1. The monoisotopic (exact) mass is 219 g/mol. The molecular weight excluding hydrogens is 202 g/mol. The van der Waals surface area contributed by atoms with Crippen molar-refractivity contribution >= 4 is 11.7 Å². The summed E-state index contributed by atoms with van der Waals surface area (Å²) in [5.41, 5.74) is 0.846. The van der Waals surface area contributed by atoms with Crippen molar-refractivity contribution in [1.29, 1.82) is 0 Å². The normalized spacial score (nSPS) is 20.6. The Morgan fingerprint density at radius 3 is 2.88 bits per heavy atom. The predicted molar refractivity (Wildman–Crippen MR) is 64.5 cm³/mol. The van der Waals surface area contributed by atoms with Gasteiger partial charge in [-0.05, 0) is 19.1 Å². The van der Waals surface area contributed by atoms with Crippen LogP contribution in [0.15, 0.2) is 30.3 Å². The lowest BCUT2D eigenvalue weighted by Crippen LogP contribution is -2.52. The van der Waals surface area contributed by atoms with Gasteiger partial charge in [0.1, 0.15) is 0 Å². The molecule has 1 saturated heterocycles. The molecule has 1 unspecified atom stereocenters. The van der Waals surface area contributed by atoms with Crippen molar-refractivity contribution in [2.45, 2.75) is 13.0 Å². The molecule has 1 aromatic carbocycles. The van der Waals surface area contributed by atoms with Crippen LogP contribution >= 0.6 is 0 Å². The van der Waals surface area contributed by atoms with E-state index in [0.29, 0.717) is 6.04 Å². The van der Waals surface area contributed by atoms with Crippen molar-refractivity contribution in [2.75, 3.05) is 25.0 Å². The largest absolute Gasteiger partial charge is 0.322 e. The Kier molecular flexibility index (Phi) is 3.41. The zero-order valence-electron chi connectivity index (χ0n) is 9.44. The molecular formula is C12H17N3O. The van der Waals surface area contributed by atoms with Crippen LogP contribution in [0.2, 0.25) is 0 Å². The van der Waals surface area contributed by atoms with E-state index in [4.69, 9.17) is 0 Å². The summed E-state index contributed by atoms with van der Waals surface area (Å²) in [5.74, 6) is 0. The molecule has 4 heteroatoms. The molecule has 2 N–H and O–H groups in total. The fourth-order valence-corrected chi connectivity index (χ4v) is 1.84. The first-order valence-electron chi connectivity index (χ1n) is 5.60. The minimum atomic E-state index is -0.0143. The van der Waals surface area contributed by atoms with Crippen molar-refractivity contribution in [1.82, 2.24) is 10.2 Å². The van der Waals surface area contributed by atoms with Gasteiger partial charge in [0.15, 0.2) is 0 Å². The van der Waals surface area contributed by atoms with Gasteiger partial charge >= 0.3 is 6.03 Å². The molecule has 86 valence electrons. The van der Waals surface area contributed by atoms with E-state index in [2.05, 4.69) is 17.6 Å². The molecule has 0 radical (unpaired) electrons. The Balaban J connectivity index is 1.93. The van der Waals surface area contributed by atoms with Gasteiger partial charge in [-0.3, -0.25) is 0 Å². The van der Waals surface area contributed by atoms with Crippen molar-refractivity contribution in [2.24, 2.45) is 0 Å². The van der Waals surface area contributed by atoms with E-state index in [9.17, 15) is 4.79 Å². The Morgan fingerprint density at radius 2 is 2.19 bits per heavy atom. The van der Waals surface area contributed by atoms with E-state index in [1.165, 1.54) is 0 Å². The lowest BCUT2D eigenvalue weighted by molar-refractivity contribution is 0.192. The highest BCUT2D eigenvalue weighted by molar-refractivity contribution is 5.89. The van der Waals surface area contributed by atoms with Crippen molar-refractivity contribution < 1.29 is 4.79 Å². The smallest absolute Gasteiger partial charge is 0.321 e. The van der Waals surface area contributed by atoms with E-state index in [0.717, 1.165) is 25.3 Å². The highest BCUT2D eigenvalue weighted by Crippen LogP contribution is 2.07. The molecule has 1 heterocycles. The average Bonchev–Trinajstić information content (AvgIpc) is 2.30. The molecule has 2 amide bonds. The van der Waals surface area contributed by atoms with E-state index in [1.807, 2.05) is 35.2 Å². The Labute approximate surface area is 95.6 Å². The second kappa shape index (κ2) is 4.99. The number of carbonyl (C=O) groups is 1. The average molecular weight is 219 g/mol. The number of benzene rings is 1. The molecule has 0 aliphatic carbocycles. The molecule has 1 aliphatic heterocycles. The van der Waals surface area contributed by atoms with Gasteiger partial charge in [0.05, 0.1) is 0 Å². The number of para-hydroxylation sites is 1. The number of nitrogens with one attached hydrogen (secondary N) is 2. The van der Waals surface area contributed by atoms with Crippen LogP contribution in [0, 0.1) is 0 Å². The molecule has 4 nitrogen and oxygen atoms in total. The van der Waals surface area contributed by atoms with Gasteiger partial charge in [0, 0.05) is 31.4 Å². The van der Waals surface area contributed by atoms with Crippen LogP contribution in [0.25, 0.3) is 0 Å². The Morgan fingerprint density at radius 1 is 1.44 bits per heavy atom. The second-order valence-corrected chi connectivity index (χ2v) is 4.10. The van der Waals surface area contributed by atoms with Gasteiger partial charge in [0.2, 0.25) is 0 Å². The molecule has 1 fully saturated rings. The van der Waals surface area contributed by atoms with E-state index < -0.39 is 0 Å². The molecule has 2 rings (SSSR count). The molecule has 0 aromatic heterocycles. The lowest BCUT2D eigenvalue weighted by atomic mass is 10.2. The number of hydrogen-bond donors (Lipinski definition) is 2. The van der Waals surface area contributed by atoms with Gasteiger partial charge < -0.3 is 15.5 Å². The van der Waals surface area contributed by atoms with Gasteiger partial charge in [-0.15, -0.1) is 0 Å². The zero-order chi connectivity index (χ0) is 11.4. The van der Waals surface area contributed by atoms with Crippen LogP contribution in [0.4, 0.5) is 10.5 Å². The number of rotatable bonds is 1. The van der Waals surface area contributed by atoms with Gasteiger partial charge in [-0.25, -0.2) is 4.79 Å². The van der Waals surface area contributed by atoms with Crippen LogP contribution in [-0.2, 0) is 0 Å². The van der Waals surface area contributed by atoms with Crippen molar-refractivity contribution in [3.63, 3.8) is 0 Å². The number of piperazine rings is 1. The number of urea groups is 1. The minimum Gasteiger partial charge on any atom is -0.322 e. The fraction of sp³-hybridized carbons (Fsp3) is 0.417. The Bertz CT molecular complexity index is 353. The second-order valence-electron chi connectivity index (χ2n) is 4.10. The standard InChI is InChI=1S/C12H17N3O/c1-10-9-15(8-7-13-10)12(16)14-11-5-3-2-4-6-11/h2-6,10,13H,7-9H2,1H3,(H,14,16). The summed E-state index contributed by atoms with van der Waals surface area (Å²) in [6.45, 7) is 4.48. The Hall–Kier alpha value is -1.55. The molecule has 0 saturated carbocycles. The van der Waals surface area contributed by atoms with Crippen LogP contribution in [-0.4, -0.2) is 36.6 Å². The summed E-state index contributed by atoms with van der Waals surface area (Å²) in [6.07, 6.45) is 0. The molecule has 1 atom stereocenters. The van der Waals surface area contributed by atoms with Gasteiger partial charge in [-0.1, -0.05) is 18.2 Å². The quantitative estimate of drug-likeness (QED) is 0.752. The zero-order valence-corrected chi connectivity index (χ0v) is 9.44. The predicted octanol–water partition coefficient (Wildman–Crippen LogP) is 1.51. The molecule has 16 heavy (non-hydrogen) atoms. The first kappa shape index (κ1) is 11.0. The molecule has 0 bridgehead atoms. The van der Waals surface area contributed by atoms with Crippen molar-refractivity contribution in [3.8, 4) is 0 Å². The molecule has 0 spiro atoms. The maximum Gasteiger partial charge on any atom is 0.321 e. The van der Waals surface area contributed by atoms with Gasteiger partial charge in [0.25, 0.3) is 0 Å². The topological polar surface area (TPSA) is 44.4 Å². The van der Waals surface area contributed by atoms with Crippen LogP contribution in [0.5, 0.6) is 0 Å². The minimum absolute atomic E-state index is 0.0143. The summed E-state index contributed by atoms with van der Waals surface area (Å²) in [5, 5.41) is 6.20. The van der Waals surface area contributed by atoms with E-state index in [-0.39, 0.29) is 6.03 Å². The maximum absolute atomic E-state index is 11.9. The molecule has 1 aliphatic rings. The van der Waals surface area contributed by atoms with Crippen molar-refractivity contribution in [3.05, 3.63) is 30.3 Å². The third kappa shape index (κ3) is 2.73.